The molecule has 0 unspecified atom stereocenters. The molecule has 0 fully saturated rings. The average Bonchev–Trinajstić information content (AvgIpc) is 2.59. The molecule has 1 N–H and O–H groups in total. The fourth-order valence-electron chi connectivity index (χ4n) is 2.27. The summed E-state index contributed by atoms with van der Waals surface area (Å²) in [6, 6.07) is 4.32. The molecule has 0 atom stereocenters. The average molecular weight is 397 g/mol. The van der Waals surface area contributed by atoms with Gasteiger partial charge in [-0.05, 0) is 19.4 Å². The third-order valence-corrected chi connectivity index (χ3v) is 5.09. The Morgan fingerprint density at radius 1 is 1.19 bits per heavy atom. The molecule has 1 aromatic heterocycles. The smallest absolute Gasteiger partial charge is 0.268 e. The molecule has 2 rings (SSSR count). The Morgan fingerprint density at radius 3 is 2.30 bits per heavy atom. The second-order valence-electron chi connectivity index (χ2n) is 5.44. The first-order chi connectivity index (χ1) is 12.6. The van der Waals surface area contributed by atoms with Gasteiger partial charge in [0.15, 0.2) is 0 Å². The maximum Gasteiger partial charge on any atom is 0.280 e. The Balaban J connectivity index is 2.18. The van der Waals surface area contributed by atoms with Crippen molar-refractivity contribution in [1.82, 2.24) is 14.5 Å². The Bertz CT molecular complexity index is 1010. The van der Waals surface area contributed by atoms with Crippen LogP contribution in [0.1, 0.15) is 12.0 Å². The molecular formula is C14H15N5O7S. The highest BCUT2D eigenvalue weighted by molar-refractivity contribution is 7.89. The Kier molecular flexibility index (Phi) is 5.97. The van der Waals surface area contributed by atoms with Crippen LogP contribution in [-0.2, 0) is 16.6 Å². The van der Waals surface area contributed by atoms with Crippen molar-refractivity contribution in [2.45, 2.75) is 24.8 Å². The molecule has 0 saturated heterocycles. The first kappa shape index (κ1) is 20.1. The van der Waals surface area contributed by atoms with Gasteiger partial charge in [-0.25, -0.2) is 17.8 Å². The zero-order chi connectivity index (χ0) is 20.2. The zero-order valence-electron chi connectivity index (χ0n) is 14.1. The molecule has 1 heterocycles. The van der Waals surface area contributed by atoms with E-state index in [4.69, 9.17) is 0 Å². The molecule has 13 heteroatoms. The number of aryl methyl sites for hydroxylation is 1. The van der Waals surface area contributed by atoms with Crippen molar-refractivity contribution >= 4 is 21.4 Å². The lowest BCUT2D eigenvalue weighted by Gasteiger charge is -2.08. The molecule has 1 aromatic carbocycles. The van der Waals surface area contributed by atoms with Crippen molar-refractivity contribution in [2.24, 2.45) is 0 Å². The number of nitrogens with zero attached hydrogens (tertiary/aromatic N) is 4. The minimum atomic E-state index is -4.22. The van der Waals surface area contributed by atoms with Gasteiger partial charge in [0.1, 0.15) is 5.56 Å². The van der Waals surface area contributed by atoms with Crippen molar-refractivity contribution in [3.63, 3.8) is 0 Å². The fraction of sp³-hybridized carbons (Fsp3) is 0.286. The number of hydrogen-bond donors (Lipinski definition) is 1. The van der Waals surface area contributed by atoms with Gasteiger partial charge in [0.25, 0.3) is 16.9 Å². The van der Waals surface area contributed by atoms with E-state index in [9.17, 15) is 33.4 Å². The van der Waals surface area contributed by atoms with Gasteiger partial charge in [-0.3, -0.25) is 25.0 Å². The van der Waals surface area contributed by atoms with E-state index in [1.807, 2.05) is 0 Å². The molecular weight excluding hydrogens is 382 g/mol. The Labute approximate surface area is 152 Å². The van der Waals surface area contributed by atoms with Gasteiger partial charge in [0.2, 0.25) is 10.0 Å². The Hall–Kier alpha value is -3.19. The molecule has 0 aliphatic rings. The number of nitro benzene ring substituents is 2. The normalized spacial score (nSPS) is 11.3. The molecule has 0 radical (unpaired) electrons. The number of benzene rings is 1. The van der Waals surface area contributed by atoms with Crippen LogP contribution in [-0.4, -0.2) is 34.6 Å². The minimum Gasteiger partial charge on any atom is -0.268 e. The van der Waals surface area contributed by atoms with E-state index in [1.165, 1.54) is 25.3 Å². The highest BCUT2D eigenvalue weighted by atomic mass is 32.2. The molecule has 0 aliphatic heterocycles. The van der Waals surface area contributed by atoms with Crippen LogP contribution in [0.25, 0.3) is 0 Å². The summed E-state index contributed by atoms with van der Waals surface area (Å²) >= 11 is 0. The molecule has 0 spiro atoms. The number of sulfonamides is 1. The van der Waals surface area contributed by atoms with Gasteiger partial charge < -0.3 is 0 Å². The minimum absolute atomic E-state index is 0.0964. The van der Waals surface area contributed by atoms with Gasteiger partial charge >= 0.3 is 0 Å². The fourth-order valence-corrected chi connectivity index (χ4v) is 3.38. The molecule has 2 aromatic rings. The number of nitrogens with one attached hydrogen (secondary N) is 1. The monoisotopic (exact) mass is 397 g/mol. The summed E-state index contributed by atoms with van der Waals surface area (Å²) in [7, 11) is -4.22. The third-order valence-electron chi connectivity index (χ3n) is 3.65. The zero-order valence-corrected chi connectivity index (χ0v) is 14.9. The van der Waals surface area contributed by atoms with Crippen molar-refractivity contribution in [3.8, 4) is 0 Å². The summed E-state index contributed by atoms with van der Waals surface area (Å²) in [6.45, 7) is 1.22. The lowest BCUT2D eigenvalue weighted by atomic mass is 10.1. The van der Waals surface area contributed by atoms with Crippen LogP contribution < -0.4 is 10.3 Å². The van der Waals surface area contributed by atoms with Crippen molar-refractivity contribution in [1.29, 1.82) is 0 Å². The SMILES string of the molecule is Cc1c([N+](=O)[O-])cc(S(=O)(=O)NCCCn2ncccc2=O)cc1[N+](=O)[O-]. The van der Waals surface area contributed by atoms with Crippen LogP contribution in [0.4, 0.5) is 11.4 Å². The van der Waals surface area contributed by atoms with E-state index in [0.717, 1.165) is 16.8 Å². The van der Waals surface area contributed by atoms with Gasteiger partial charge in [-0.1, -0.05) is 0 Å². The quantitative estimate of drug-likeness (QED) is 0.386. The largest absolute Gasteiger partial charge is 0.280 e. The van der Waals surface area contributed by atoms with E-state index >= 15 is 0 Å². The maximum absolute atomic E-state index is 12.3. The van der Waals surface area contributed by atoms with Crippen molar-refractivity contribution < 1.29 is 18.3 Å². The maximum atomic E-state index is 12.3. The summed E-state index contributed by atoms with van der Waals surface area (Å²) < 4.78 is 28.0. The first-order valence-electron chi connectivity index (χ1n) is 7.58. The van der Waals surface area contributed by atoms with E-state index < -0.39 is 36.1 Å². The predicted molar refractivity (Wildman–Crippen MR) is 92.8 cm³/mol. The van der Waals surface area contributed by atoms with E-state index in [2.05, 4.69) is 9.82 Å². The van der Waals surface area contributed by atoms with E-state index in [-0.39, 0.29) is 30.6 Å². The standard InChI is InChI=1S/C14H15N5O7S/c1-10-12(18(21)22)8-11(9-13(10)19(23)24)27(25,26)16-6-3-7-17-14(20)4-2-5-15-17/h2,4-5,8-9,16H,3,6-7H2,1H3. The Morgan fingerprint density at radius 2 is 1.78 bits per heavy atom. The van der Waals surface area contributed by atoms with E-state index in [0.29, 0.717) is 0 Å². The van der Waals surface area contributed by atoms with Crippen molar-refractivity contribution in [2.75, 3.05) is 6.54 Å². The predicted octanol–water partition coefficient (Wildman–Crippen LogP) is 0.737. The molecule has 0 amide bonds. The van der Waals surface area contributed by atoms with Gasteiger partial charge in [-0.2, -0.15) is 5.10 Å². The molecule has 0 aliphatic carbocycles. The first-order valence-corrected chi connectivity index (χ1v) is 9.07. The van der Waals surface area contributed by atoms with Crippen LogP contribution >= 0.6 is 0 Å². The molecule has 27 heavy (non-hydrogen) atoms. The van der Waals surface area contributed by atoms with Crippen LogP contribution in [0.5, 0.6) is 0 Å². The highest BCUT2D eigenvalue weighted by Crippen LogP contribution is 2.31. The number of aromatic nitrogens is 2. The summed E-state index contributed by atoms with van der Waals surface area (Å²) in [6.07, 6.45) is 1.63. The number of nitro groups is 2. The lowest BCUT2D eigenvalue weighted by molar-refractivity contribution is -0.395. The van der Waals surface area contributed by atoms with Crippen LogP contribution in [0.15, 0.2) is 40.2 Å². The second kappa shape index (κ2) is 8.01. The molecule has 0 saturated carbocycles. The summed E-state index contributed by atoms with van der Waals surface area (Å²) in [5.41, 5.74) is -1.90. The highest BCUT2D eigenvalue weighted by Gasteiger charge is 2.27. The summed E-state index contributed by atoms with van der Waals surface area (Å²) in [4.78, 5) is 31.3. The van der Waals surface area contributed by atoms with Gasteiger partial charge in [-0.15, -0.1) is 0 Å². The van der Waals surface area contributed by atoms with Gasteiger partial charge in [0.05, 0.1) is 14.7 Å². The number of rotatable bonds is 8. The van der Waals surface area contributed by atoms with Crippen LogP contribution in [0.3, 0.4) is 0 Å². The van der Waals surface area contributed by atoms with E-state index in [1.54, 1.807) is 0 Å². The molecule has 0 bridgehead atoms. The number of hydrogen-bond acceptors (Lipinski definition) is 8. The molecule has 12 nitrogen and oxygen atoms in total. The summed E-state index contributed by atoms with van der Waals surface area (Å²) in [5, 5.41) is 25.9. The van der Waals surface area contributed by atoms with Gasteiger partial charge in [0, 0.05) is 37.5 Å². The third kappa shape index (κ3) is 4.71. The lowest BCUT2D eigenvalue weighted by Crippen LogP contribution is -2.28. The van der Waals surface area contributed by atoms with Crippen LogP contribution in [0.2, 0.25) is 0 Å². The second-order valence-corrected chi connectivity index (χ2v) is 7.20. The summed E-state index contributed by atoms with van der Waals surface area (Å²) in [5.74, 6) is 0. The van der Waals surface area contributed by atoms with Crippen molar-refractivity contribution in [3.05, 3.63) is 66.6 Å². The van der Waals surface area contributed by atoms with Crippen LogP contribution in [0, 0.1) is 27.2 Å². The molecule has 144 valence electrons. The topological polar surface area (TPSA) is 167 Å².